The van der Waals surface area contributed by atoms with Crippen molar-refractivity contribution in [3.8, 4) is 158 Å². The van der Waals surface area contributed by atoms with Crippen molar-refractivity contribution in [2.24, 2.45) is 0 Å². The minimum atomic E-state index is -0.171. The zero-order valence-corrected chi connectivity index (χ0v) is 81.3. The molecular formula is C130H91N11O4. The molecule has 0 fully saturated rings. The summed E-state index contributed by atoms with van der Waals surface area (Å²) in [7, 11) is 0. The molecule has 0 amide bonds. The second-order valence-corrected chi connectivity index (χ2v) is 41.4. The van der Waals surface area contributed by atoms with Gasteiger partial charge in [0.1, 0.15) is 56.1 Å². The third kappa shape index (κ3) is 13.0. The number of fused-ring (bicyclic) bond motifs is 27. The molecule has 0 unspecified atom stereocenters. The van der Waals surface area contributed by atoms with Gasteiger partial charge < -0.3 is 17.7 Å². The summed E-state index contributed by atoms with van der Waals surface area (Å²) >= 11 is 0. The summed E-state index contributed by atoms with van der Waals surface area (Å²) in [5, 5.41) is 8.44. The van der Waals surface area contributed by atoms with E-state index in [9.17, 15) is 0 Å². The van der Waals surface area contributed by atoms with Gasteiger partial charge >= 0.3 is 0 Å². The van der Waals surface area contributed by atoms with Crippen molar-refractivity contribution in [2.75, 3.05) is 0 Å². The third-order valence-electron chi connectivity index (χ3n) is 31.4. The number of rotatable bonds is 9. The molecular weight excluding hydrogens is 1780 g/mol. The lowest BCUT2D eigenvalue weighted by Gasteiger charge is -2.21. The maximum atomic E-state index is 6.86. The maximum Gasteiger partial charge on any atom is 0.182 e. The molecule has 5 aliphatic rings. The van der Waals surface area contributed by atoms with E-state index in [1.165, 1.54) is 111 Å². The molecule has 9 heterocycles. The monoisotopic (exact) mass is 1870 g/mol. The Hall–Kier alpha value is -18.0. The Morgan fingerprint density at radius 3 is 0.766 bits per heavy atom. The van der Waals surface area contributed by atoms with Crippen molar-refractivity contribution < 1.29 is 17.7 Å². The number of aromatic nitrogens is 11. The number of hydrogen-bond donors (Lipinski definition) is 0. The van der Waals surface area contributed by atoms with Gasteiger partial charge in [0.05, 0.1) is 22.3 Å². The van der Waals surface area contributed by atoms with Crippen molar-refractivity contribution >= 4 is 87.8 Å². The van der Waals surface area contributed by atoms with Gasteiger partial charge in [-0.25, -0.2) is 44.9 Å². The van der Waals surface area contributed by atoms with Gasteiger partial charge in [0.25, 0.3) is 0 Å². The number of nitrogens with zero attached hydrogens (tertiary/aromatic N) is 11. The average Bonchev–Trinajstić information content (AvgIpc) is 1.56. The molecule has 9 aromatic heterocycles. The molecule has 15 nitrogen and oxygen atoms in total. The third-order valence-corrected chi connectivity index (χ3v) is 31.4. The van der Waals surface area contributed by atoms with Crippen LogP contribution in [-0.4, -0.2) is 54.8 Å². The first-order valence-electron chi connectivity index (χ1n) is 49.5. The van der Waals surface area contributed by atoms with Crippen LogP contribution in [-0.2, 0) is 27.1 Å². The Balaban J connectivity index is 0.000000107. The second kappa shape index (κ2) is 31.5. The topological polar surface area (TPSA) is 194 Å². The Kier molecular flexibility index (Phi) is 18.5. The van der Waals surface area contributed by atoms with E-state index < -0.39 is 0 Å². The van der Waals surface area contributed by atoms with Gasteiger partial charge in [0, 0.05) is 99.2 Å². The fourth-order valence-corrected chi connectivity index (χ4v) is 23.9. The highest BCUT2D eigenvalue weighted by atomic mass is 16.3. The van der Waals surface area contributed by atoms with Crippen molar-refractivity contribution in [2.45, 2.75) is 96.3 Å². The summed E-state index contributed by atoms with van der Waals surface area (Å²) in [6.45, 7) is 22.9. The normalized spacial score (nSPS) is 14.4. The van der Waals surface area contributed by atoms with Crippen molar-refractivity contribution in [1.29, 1.82) is 0 Å². The van der Waals surface area contributed by atoms with Gasteiger partial charge in [0.15, 0.2) is 52.4 Å². The molecule has 25 aromatic rings. The SMILES string of the molecule is CC1(C)c2ccccc2-c2cc3c(cc21)oc1c(-c2nc(-c4ccccc4)nc(-c4ccccn4)n2)cccc13.CC1(C)c2ccccc2-c2ccc(-c3nc(-c4cccc5c4oc4ccccc45)nc(-c4cccc5c4oc4cc6c(cc45)-c4ccccc4C6(C)C)n3)cc21.CC1(C)c2ccccc2-c2ccc(-c3nc(-c4ccccn4)nc(-c4cccc5c4oc4cc6c(cc45)-c4ccccc4C6(C)C)n3)cc21. The smallest absolute Gasteiger partial charge is 0.182 e. The molecule has 30 rings (SSSR count). The van der Waals surface area contributed by atoms with Crippen molar-refractivity contribution in [3.05, 3.63) is 426 Å². The minimum Gasteiger partial charge on any atom is -0.455 e. The van der Waals surface area contributed by atoms with Gasteiger partial charge in [-0.15, -0.1) is 0 Å². The van der Waals surface area contributed by atoms with E-state index in [2.05, 4.69) is 328 Å². The van der Waals surface area contributed by atoms with E-state index in [1.54, 1.807) is 12.4 Å². The van der Waals surface area contributed by atoms with Gasteiger partial charge in [-0.2, -0.15) is 0 Å². The summed E-state index contributed by atoms with van der Waals surface area (Å²) in [5.74, 6) is 5.03. The Bertz CT molecular complexity index is 9770. The minimum absolute atomic E-state index is 0.0989. The molecule has 15 heteroatoms. The van der Waals surface area contributed by atoms with Crippen LogP contribution in [0, 0.1) is 0 Å². The van der Waals surface area contributed by atoms with E-state index in [0.29, 0.717) is 63.8 Å². The van der Waals surface area contributed by atoms with Crippen LogP contribution in [0.15, 0.2) is 388 Å². The molecule has 0 radical (unpaired) electrons. The van der Waals surface area contributed by atoms with E-state index in [1.807, 2.05) is 109 Å². The fraction of sp³-hybridized carbons (Fsp3) is 0.115. The van der Waals surface area contributed by atoms with Crippen LogP contribution >= 0.6 is 0 Å². The Morgan fingerprint density at radius 2 is 0.414 bits per heavy atom. The first-order valence-corrected chi connectivity index (χ1v) is 49.5. The molecule has 16 aromatic carbocycles. The lowest BCUT2D eigenvalue weighted by molar-refractivity contribution is 0.647. The largest absolute Gasteiger partial charge is 0.455 e. The highest BCUT2D eigenvalue weighted by Crippen LogP contribution is 2.58. The zero-order valence-electron chi connectivity index (χ0n) is 81.3. The highest BCUT2D eigenvalue weighted by Gasteiger charge is 2.43. The summed E-state index contributed by atoms with van der Waals surface area (Å²) in [6.07, 6.45) is 3.52. The van der Waals surface area contributed by atoms with E-state index in [-0.39, 0.29) is 27.1 Å². The average molecular weight is 1870 g/mol. The molecule has 0 bridgehead atoms. The molecule has 0 N–H and O–H groups in total. The standard InChI is InChI=1S/C51H35N3O2.C44H32N4O.C35H24N4O/c1-50(2)39-20-8-5-13-29(39)31-24-23-28(25-41(31)50)47-52-48(35-18-11-16-33-32-15-7-10-22-43(32)55-45(33)35)54-49(53-47)36-19-12-17-34-38-26-37-30-14-6-9-21-40(30)51(3,4)42(37)27-44(38)56-46(34)36;1-43(2)33-16-7-5-12-26(33)28-20-19-25(22-35(28)43)40-46-41(48-42(47-40)37-18-9-10-21-45-37)30-15-11-14-29-32-23-31-27-13-6-8-17-34(27)44(3,4)36(31)24-38(32)49-39(29)30;1-35(2)27-16-7-6-13-22(27)25-19-26-23-14-10-15-24(31(23)40-30(26)20-28(25)35)33-37-32(21-11-4-3-5-12-21)38-34(39-33)29-17-8-9-18-36-29/h5-27H,1-4H3;5-24H,1-4H3;3-20H,1-2H3. The van der Waals surface area contributed by atoms with Gasteiger partial charge in [0.2, 0.25) is 0 Å². The molecule has 0 saturated heterocycles. The number of para-hydroxylation sites is 5. The Morgan fingerprint density at radius 1 is 0.159 bits per heavy atom. The molecule has 5 aliphatic carbocycles. The fourth-order valence-electron chi connectivity index (χ4n) is 23.9. The predicted molar refractivity (Wildman–Crippen MR) is 581 cm³/mol. The second-order valence-electron chi connectivity index (χ2n) is 41.4. The first kappa shape index (κ1) is 85.1. The lowest BCUT2D eigenvalue weighted by Crippen LogP contribution is -2.15. The van der Waals surface area contributed by atoms with E-state index in [0.717, 1.165) is 127 Å². The van der Waals surface area contributed by atoms with Crippen LogP contribution in [0.25, 0.3) is 246 Å². The van der Waals surface area contributed by atoms with Crippen LogP contribution in [0.3, 0.4) is 0 Å². The molecule has 0 saturated carbocycles. The van der Waals surface area contributed by atoms with Crippen molar-refractivity contribution in [3.63, 3.8) is 0 Å². The van der Waals surface area contributed by atoms with Crippen LogP contribution in [0.1, 0.15) is 125 Å². The van der Waals surface area contributed by atoms with Crippen molar-refractivity contribution in [1.82, 2.24) is 54.8 Å². The molecule has 0 atom stereocenters. The molecule has 0 aliphatic heterocycles. The van der Waals surface area contributed by atoms with Gasteiger partial charge in [-0.05, 0) is 214 Å². The maximum absolute atomic E-state index is 6.86. The van der Waals surface area contributed by atoms with Crippen LogP contribution in [0.2, 0.25) is 0 Å². The van der Waals surface area contributed by atoms with E-state index >= 15 is 0 Å². The zero-order chi connectivity index (χ0) is 97.4. The first-order chi connectivity index (χ1) is 70.6. The lowest BCUT2D eigenvalue weighted by atomic mass is 9.82. The molecule has 145 heavy (non-hydrogen) atoms. The van der Waals surface area contributed by atoms with Gasteiger partial charge in [-0.1, -0.05) is 324 Å². The van der Waals surface area contributed by atoms with E-state index in [4.69, 9.17) is 62.5 Å². The number of furan rings is 4. The molecule has 0 spiro atoms. The Labute approximate surface area is 835 Å². The van der Waals surface area contributed by atoms with Gasteiger partial charge in [-0.3, -0.25) is 9.97 Å². The molecule has 690 valence electrons. The number of pyridine rings is 2. The summed E-state index contributed by atoms with van der Waals surface area (Å²) < 4.78 is 26.8. The summed E-state index contributed by atoms with van der Waals surface area (Å²) in [5.41, 5.74) is 39.0. The predicted octanol–water partition coefficient (Wildman–Crippen LogP) is 32.5. The van der Waals surface area contributed by atoms with Crippen LogP contribution in [0.4, 0.5) is 0 Å². The van der Waals surface area contributed by atoms with Crippen LogP contribution in [0.5, 0.6) is 0 Å². The highest BCUT2D eigenvalue weighted by molar-refractivity contribution is 6.15. The number of hydrogen-bond acceptors (Lipinski definition) is 15. The summed E-state index contributed by atoms with van der Waals surface area (Å²) in [6, 6.07) is 125. The van der Waals surface area contributed by atoms with Crippen LogP contribution < -0.4 is 0 Å². The number of benzene rings is 16. The summed E-state index contributed by atoms with van der Waals surface area (Å²) in [4.78, 5) is 54.6. The quantitative estimate of drug-likeness (QED) is 0.132.